The van der Waals surface area contributed by atoms with Crippen molar-refractivity contribution in [1.82, 2.24) is 14.8 Å². The molecule has 0 fully saturated rings. The summed E-state index contributed by atoms with van der Waals surface area (Å²) in [5.74, 6) is -1.79. The number of halogens is 3. The summed E-state index contributed by atoms with van der Waals surface area (Å²) in [5, 5.41) is 5.72. The second-order valence-corrected chi connectivity index (χ2v) is 5.25. The molecule has 0 bridgehead atoms. The standard InChI is InChI=1S/C12H11F3N4OS/c1-19-10(12(13,14)15)17-18-11(19)21-8(9(16)20)7-5-3-2-4-6-7/h2-6,8H,1H3,(H2,16,20). The molecular weight excluding hydrogens is 305 g/mol. The Morgan fingerprint density at radius 1 is 1.29 bits per heavy atom. The van der Waals surface area contributed by atoms with E-state index in [9.17, 15) is 18.0 Å². The molecule has 1 aromatic carbocycles. The van der Waals surface area contributed by atoms with E-state index in [1.165, 1.54) is 7.05 Å². The number of aromatic nitrogens is 3. The largest absolute Gasteiger partial charge is 0.451 e. The summed E-state index contributed by atoms with van der Waals surface area (Å²) in [6.45, 7) is 0. The topological polar surface area (TPSA) is 73.8 Å². The minimum Gasteiger partial charge on any atom is -0.368 e. The lowest BCUT2D eigenvalue weighted by molar-refractivity contribution is -0.147. The van der Waals surface area contributed by atoms with Gasteiger partial charge in [0.2, 0.25) is 11.7 Å². The Bertz CT molecular complexity index is 642. The fraction of sp³-hybridized carbons (Fsp3) is 0.250. The van der Waals surface area contributed by atoms with Gasteiger partial charge in [-0.3, -0.25) is 4.79 Å². The normalized spacial score (nSPS) is 13.1. The fourth-order valence-corrected chi connectivity index (χ4v) is 2.64. The van der Waals surface area contributed by atoms with Crippen molar-refractivity contribution in [3.63, 3.8) is 0 Å². The number of benzene rings is 1. The number of nitrogens with two attached hydrogens (primary N) is 1. The first-order chi connectivity index (χ1) is 9.80. The zero-order chi connectivity index (χ0) is 15.6. The summed E-state index contributed by atoms with van der Waals surface area (Å²) in [4.78, 5) is 11.5. The number of rotatable bonds is 4. The molecule has 0 radical (unpaired) electrons. The summed E-state index contributed by atoms with van der Waals surface area (Å²) in [6, 6.07) is 8.52. The second kappa shape index (κ2) is 5.76. The van der Waals surface area contributed by atoms with Crippen LogP contribution in [0, 0.1) is 0 Å². The fourth-order valence-electron chi connectivity index (χ4n) is 1.69. The molecule has 1 aromatic heterocycles. The third kappa shape index (κ3) is 3.35. The van der Waals surface area contributed by atoms with Crippen molar-refractivity contribution in [3.8, 4) is 0 Å². The Labute approximate surface area is 122 Å². The minimum atomic E-state index is -4.60. The number of hydrogen-bond acceptors (Lipinski definition) is 4. The molecule has 1 amide bonds. The average molecular weight is 316 g/mol. The number of carbonyl (C=O) groups is 1. The van der Waals surface area contributed by atoms with Crippen LogP contribution < -0.4 is 5.73 Å². The van der Waals surface area contributed by atoms with Crippen LogP contribution in [0.25, 0.3) is 0 Å². The molecule has 2 rings (SSSR count). The molecular formula is C12H11F3N4OS. The van der Waals surface area contributed by atoms with Crippen LogP contribution in [0.1, 0.15) is 16.6 Å². The van der Waals surface area contributed by atoms with Crippen molar-refractivity contribution < 1.29 is 18.0 Å². The van der Waals surface area contributed by atoms with Gasteiger partial charge in [-0.25, -0.2) is 0 Å². The number of thioether (sulfide) groups is 1. The van der Waals surface area contributed by atoms with Gasteiger partial charge in [0.05, 0.1) is 0 Å². The van der Waals surface area contributed by atoms with Gasteiger partial charge in [-0.2, -0.15) is 13.2 Å². The Hall–Kier alpha value is -2.03. The van der Waals surface area contributed by atoms with Crippen LogP contribution in [-0.2, 0) is 18.0 Å². The van der Waals surface area contributed by atoms with Gasteiger partial charge in [-0.1, -0.05) is 42.1 Å². The van der Waals surface area contributed by atoms with Crippen molar-refractivity contribution in [2.75, 3.05) is 0 Å². The van der Waals surface area contributed by atoms with Gasteiger partial charge < -0.3 is 10.3 Å². The molecule has 112 valence electrons. The average Bonchev–Trinajstić information content (AvgIpc) is 2.77. The maximum Gasteiger partial charge on any atom is 0.451 e. The molecule has 9 heteroatoms. The van der Waals surface area contributed by atoms with Gasteiger partial charge in [-0.05, 0) is 5.56 Å². The van der Waals surface area contributed by atoms with E-state index in [2.05, 4.69) is 10.2 Å². The number of alkyl halides is 3. The van der Waals surface area contributed by atoms with E-state index in [0.29, 0.717) is 5.56 Å². The quantitative estimate of drug-likeness (QED) is 0.877. The summed E-state index contributed by atoms with van der Waals surface area (Å²) in [5.41, 5.74) is 5.91. The van der Waals surface area contributed by atoms with Gasteiger partial charge in [0.1, 0.15) is 5.25 Å². The van der Waals surface area contributed by atoms with E-state index >= 15 is 0 Å². The number of carbonyl (C=O) groups excluding carboxylic acids is 1. The number of primary amides is 1. The van der Waals surface area contributed by atoms with Gasteiger partial charge in [0.25, 0.3) is 0 Å². The lowest BCUT2D eigenvalue weighted by atomic mass is 10.1. The molecule has 0 saturated heterocycles. The highest BCUT2D eigenvalue weighted by atomic mass is 32.2. The van der Waals surface area contributed by atoms with E-state index in [4.69, 9.17) is 5.73 Å². The van der Waals surface area contributed by atoms with E-state index in [0.717, 1.165) is 16.3 Å². The van der Waals surface area contributed by atoms with E-state index < -0.39 is 23.2 Å². The molecule has 0 spiro atoms. The van der Waals surface area contributed by atoms with Crippen molar-refractivity contribution in [1.29, 1.82) is 0 Å². The number of nitrogens with zero attached hydrogens (tertiary/aromatic N) is 3. The zero-order valence-electron chi connectivity index (χ0n) is 10.8. The van der Waals surface area contributed by atoms with Crippen LogP contribution in [0.3, 0.4) is 0 Å². The smallest absolute Gasteiger partial charge is 0.368 e. The van der Waals surface area contributed by atoms with Crippen molar-refractivity contribution in [2.24, 2.45) is 12.8 Å². The van der Waals surface area contributed by atoms with Gasteiger partial charge >= 0.3 is 6.18 Å². The van der Waals surface area contributed by atoms with E-state index in [-0.39, 0.29) is 5.16 Å². The summed E-state index contributed by atoms with van der Waals surface area (Å²) >= 11 is 0.828. The van der Waals surface area contributed by atoms with Crippen LogP contribution in [0.4, 0.5) is 13.2 Å². The monoisotopic (exact) mass is 316 g/mol. The molecule has 0 aliphatic carbocycles. The molecule has 1 unspecified atom stereocenters. The van der Waals surface area contributed by atoms with Crippen LogP contribution in [-0.4, -0.2) is 20.7 Å². The van der Waals surface area contributed by atoms with Gasteiger partial charge in [0.15, 0.2) is 5.16 Å². The lowest BCUT2D eigenvalue weighted by Gasteiger charge is -2.13. The molecule has 21 heavy (non-hydrogen) atoms. The van der Waals surface area contributed by atoms with Gasteiger partial charge in [-0.15, -0.1) is 10.2 Å². The molecule has 5 nitrogen and oxygen atoms in total. The maximum atomic E-state index is 12.7. The first kappa shape index (κ1) is 15.4. The lowest BCUT2D eigenvalue weighted by Crippen LogP contribution is -2.19. The molecule has 0 aliphatic rings. The van der Waals surface area contributed by atoms with Crippen molar-refractivity contribution in [3.05, 3.63) is 41.7 Å². The molecule has 1 atom stereocenters. The minimum absolute atomic E-state index is 0.0324. The van der Waals surface area contributed by atoms with Crippen molar-refractivity contribution >= 4 is 17.7 Å². The number of hydrogen-bond donors (Lipinski definition) is 1. The van der Waals surface area contributed by atoms with Crippen molar-refractivity contribution in [2.45, 2.75) is 16.6 Å². The molecule has 2 N–H and O–H groups in total. The van der Waals surface area contributed by atoms with E-state index in [1.807, 2.05) is 0 Å². The first-order valence-electron chi connectivity index (χ1n) is 5.78. The molecule has 0 aliphatic heterocycles. The SMILES string of the molecule is Cn1c(SC(C(N)=O)c2ccccc2)nnc1C(F)(F)F. The molecule has 0 saturated carbocycles. The summed E-state index contributed by atoms with van der Waals surface area (Å²) < 4.78 is 38.8. The Morgan fingerprint density at radius 2 is 1.90 bits per heavy atom. The second-order valence-electron chi connectivity index (χ2n) is 4.17. The van der Waals surface area contributed by atoms with E-state index in [1.54, 1.807) is 30.3 Å². The van der Waals surface area contributed by atoms with Crippen LogP contribution >= 0.6 is 11.8 Å². The number of amides is 1. The predicted molar refractivity (Wildman–Crippen MR) is 70.2 cm³/mol. The van der Waals surface area contributed by atoms with Crippen LogP contribution in [0.15, 0.2) is 35.5 Å². The maximum absolute atomic E-state index is 12.7. The Balaban J connectivity index is 2.31. The highest BCUT2D eigenvalue weighted by Gasteiger charge is 2.38. The zero-order valence-corrected chi connectivity index (χ0v) is 11.6. The van der Waals surface area contributed by atoms with Crippen LogP contribution in [0.5, 0.6) is 0 Å². The summed E-state index contributed by atoms with van der Waals surface area (Å²) in [6.07, 6.45) is -4.60. The predicted octanol–water partition coefficient (Wildman–Crippen LogP) is 2.15. The molecule has 2 aromatic rings. The van der Waals surface area contributed by atoms with Gasteiger partial charge in [0, 0.05) is 7.05 Å². The Kier molecular flexibility index (Phi) is 4.21. The Morgan fingerprint density at radius 3 is 2.38 bits per heavy atom. The summed E-state index contributed by atoms with van der Waals surface area (Å²) in [7, 11) is 1.19. The molecule has 1 heterocycles. The first-order valence-corrected chi connectivity index (χ1v) is 6.66. The highest BCUT2D eigenvalue weighted by Crippen LogP contribution is 2.36. The third-order valence-corrected chi connectivity index (χ3v) is 3.98. The third-order valence-electron chi connectivity index (χ3n) is 2.67. The van der Waals surface area contributed by atoms with Crippen LogP contribution in [0.2, 0.25) is 0 Å². The highest BCUT2D eigenvalue weighted by molar-refractivity contribution is 8.00.